The van der Waals surface area contributed by atoms with E-state index in [0.29, 0.717) is 17.1 Å². The van der Waals surface area contributed by atoms with Gasteiger partial charge in [-0.1, -0.05) is 18.2 Å². The van der Waals surface area contributed by atoms with Crippen molar-refractivity contribution in [3.05, 3.63) is 60.7 Å². The smallest absolute Gasteiger partial charge is 0.278 e. The Morgan fingerprint density at radius 2 is 2.00 bits per heavy atom. The van der Waals surface area contributed by atoms with Crippen LogP contribution in [0.25, 0.3) is 11.4 Å². The summed E-state index contributed by atoms with van der Waals surface area (Å²) in [5.41, 5.74) is 11.2. The molecule has 156 valence electrons. The number of fused-ring (bicyclic) bond motifs is 1. The Bertz CT molecular complexity index is 1200. The molecule has 5 rings (SSSR count). The fourth-order valence-electron chi connectivity index (χ4n) is 3.61. The standard InChI is InChI=1S/C19H19N11O/c1-11(23-16-14(15(20)21-10-22-16)17-24-27-28-25-17)18-26-29-9-5-8-13(29)19(31)30(18)12-6-3-2-4-7-12/h2-11,18,26H,1H3,(H3,20,21,22,23)(H,24,25,27,28)/t11-,18?/m0/s1. The van der Waals surface area contributed by atoms with E-state index in [-0.39, 0.29) is 23.6 Å². The highest BCUT2D eigenvalue weighted by Gasteiger charge is 2.36. The van der Waals surface area contributed by atoms with Crippen LogP contribution < -0.4 is 21.4 Å². The molecule has 12 heteroatoms. The molecule has 0 radical (unpaired) electrons. The Morgan fingerprint density at radius 1 is 1.16 bits per heavy atom. The zero-order valence-corrected chi connectivity index (χ0v) is 16.5. The summed E-state index contributed by atoms with van der Waals surface area (Å²) in [4.78, 5) is 23.4. The van der Waals surface area contributed by atoms with Crippen molar-refractivity contribution in [3.63, 3.8) is 0 Å². The van der Waals surface area contributed by atoms with Crippen LogP contribution in [-0.4, -0.2) is 53.4 Å². The summed E-state index contributed by atoms with van der Waals surface area (Å²) < 4.78 is 1.72. The second-order valence-electron chi connectivity index (χ2n) is 7.00. The Hall–Kier alpha value is -4.48. The molecule has 4 aromatic rings. The van der Waals surface area contributed by atoms with Gasteiger partial charge in [-0.15, -0.1) is 10.2 Å². The number of para-hydroxylation sites is 1. The molecule has 0 saturated heterocycles. The van der Waals surface area contributed by atoms with E-state index in [1.807, 2.05) is 49.5 Å². The summed E-state index contributed by atoms with van der Waals surface area (Å²) in [7, 11) is 0. The molecule has 0 bridgehead atoms. The van der Waals surface area contributed by atoms with E-state index >= 15 is 0 Å². The lowest BCUT2D eigenvalue weighted by Gasteiger charge is -2.41. The lowest BCUT2D eigenvalue weighted by atomic mass is 10.1. The van der Waals surface area contributed by atoms with Gasteiger partial charge in [0.15, 0.2) is 0 Å². The van der Waals surface area contributed by atoms with Gasteiger partial charge in [0.1, 0.15) is 35.4 Å². The van der Waals surface area contributed by atoms with Crippen LogP contribution >= 0.6 is 0 Å². The van der Waals surface area contributed by atoms with Gasteiger partial charge in [-0.25, -0.2) is 9.97 Å². The maximum Gasteiger partial charge on any atom is 0.278 e. The molecule has 5 N–H and O–H groups in total. The third-order valence-corrected chi connectivity index (χ3v) is 5.05. The van der Waals surface area contributed by atoms with Gasteiger partial charge in [-0.05, 0) is 36.4 Å². The first kappa shape index (κ1) is 18.5. The molecule has 0 spiro atoms. The molecule has 2 atom stereocenters. The average Bonchev–Trinajstić information content (AvgIpc) is 3.46. The van der Waals surface area contributed by atoms with Crippen LogP contribution in [0.1, 0.15) is 17.4 Å². The Balaban J connectivity index is 1.52. The van der Waals surface area contributed by atoms with E-state index in [4.69, 9.17) is 5.73 Å². The number of nitrogen functional groups attached to an aromatic ring is 1. The van der Waals surface area contributed by atoms with Gasteiger partial charge in [-0.3, -0.25) is 14.4 Å². The number of H-pyrrole nitrogens is 1. The van der Waals surface area contributed by atoms with Gasteiger partial charge in [0.25, 0.3) is 5.91 Å². The number of nitrogens with two attached hydrogens (primary N) is 1. The van der Waals surface area contributed by atoms with Crippen molar-refractivity contribution in [2.75, 3.05) is 21.4 Å². The molecule has 1 amide bonds. The highest BCUT2D eigenvalue weighted by atomic mass is 16.2. The first-order valence-electron chi connectivity index (χ1n) is 9.57. The van der Waals surface area contributed by atoms with Crippen molar-refractivity contribution in [1.29, 1.82) is 0 Å². The van der Waals surface area contributed by atoms with Crippen molar-refractivity contribution in [1.82, 2.24) is 35.3 Å². The van der Waals surface area contributed by atoms with Crippen LogP contribution in [0.4, 0.5) is 17.3 Å². The maximum absolute atomic E-state index is 13.3. The number of hydrogen-bond acceptors (Lipinski definition) is 9. The first-order valence-corrected chi connectivity index (χ1v) is 9.57. The van der Waals surface area contributed by atoms with Crippen LogP contribution in [-0.2, 0) is 0 Å². The number of nitrogens with zero attached hydrogens (tertiary/aromatic N) is 7. The van der Waals surface area contributed by atoms with Crippen LogP contribution in [0.15, 0.2) is 55.0 Å². The van der Waals surface area contributed by atoms with Gasteiger partial charge in [0.2, 0.25) is 5.82 Å². The quantitative estimate of drug-likeness (QED) is 0.373. The summed E-state index contributed by atoms with van der Waals surface area (Å²) >= 11 is 0. The normalized spacial score (nSPS) is 16.5. The van der Waals surface area contributed by atoms with E-state index in [0.717, 1.165) is 5.69 Å². The molecular formula is C19H19N11O. The lowest BCUT2D eigenvalue weighted by molar-refractivity contribution is 0.0955. The summed E-state index contributed by atoms with van der Waals surface area (Å²) in [6.45, 7) is 1.94. The average molecular weight is 417 g/mol. The molecular weight excluding hydrogens is 398 g/mol. The molecule has 3 aromatic heterocycles. The van der Waals surface area contributed by atoms with Crippen molar-refractivity contribution in [2.24, 2.45) is 0 Å². The molecule has 12 nitrogen and oxygen atoms in total. The third kappa shape index (κ3) is 3.19. The van der Waals surface area contributed by atoms with Crippen LogP contribution in [0, 0.1) is 0 Å². The molecule has 1 aromatic carbocycles. The van der Waals surface area contributed by atoms with Gasteiger partial charge < -0.3 is 16.5 Å². The lowest BCUT2D eigenvalue weighted by Crippen LogP contribution is -2.59. The highest BCUT2D eigenvalue weighted by molar-refractivity contribution is 6.06. The molecule has 1 aliphatic heterocycles. The Morgan fingerprint density at radius 3 is 2.77 bits per heavy atom. The topological polar surface area (TPSA) is 156 Å². The number of aromatic nitrogens is 7. The fraction of sp³-hybridized carbons (Fsp3) is 0.158. The second-order valence-corrected chi connectivity index (χ2v) is 7.00. The SMILES string of the molecule is C[C@H](Nc1ncnc(N)c1-c1nn[nH]n1)C1Nn2cccc2C(=O)N1c1ccccc1. The minimum Gasteiger partial charge on any atom is -0.383 e. The zero-order chi connectivity index (χ0) is 21.4. The fourth-order valence-corrected chi connectivity index (χ4v) is 3.61. The number of anilines is 3. The molecule has 31 heavy (non-hydrogen) atoms. The molecule has 1 unspecified atom stereocenters. The minimum absolute atomic E-state index is 0.116. The van der Waals surface area contributed by atoms with Crippen LogP contribution in [0.5, 0.6) is 0 Å². The number of nitrogens with one attached hydrogen (secondary N) is 3. The minimum atomic E-state index is -0.441. The van der Waals surface area contributed by atoms with Gasteiger partial charge >= 0.3 is 0 Å². The second kappa shape index (κ2) is 7.40. The van der Waals surface area contributed by atoms with E-state index < -0.39 is 6.17 Å². The predicted molar refractivity (Wildman–Crippen MR) is 114 cm³/mol. The number of aromatic amines is 1. The van der Waals surface area contributed by atoms with Crippen molar-refractivity contribution in [3.8, 4) is 11.4 Å². The summed E-state index contributed by atoms with van der Waals surface area (Å²) in [5, 5.41) is 17.3. The molecule has 1 aliphatic rings. The molecule has 4 heterocycles. The number of carbonyl (C=O) groups excluding carboxylic acids is 1. The van der Waals surface area contributed by atoms with Crippen molar-refractivity contribution >= 4 is 23.2 Å². The summed E-state index contributed by atoms with van der Waals surface area (Å²) in [5.74, 6) is 0.802. The van der Waals surface area contributed by atoms with Gasteiger partial charge in [0.05, 0.1) is 6.04 Å². The van der Waals surface area contributed by atoms with E-state index in [9.17, 15) is 4.79 Å². The highest BCUT2D eigenvalue weighted by Crippen LogP contribution is 2.30. The molecule has 0 saturated carbocycles. The number of rotatable bonds is 5. The van der Waals surface area contributed by atoms with Crippen molar-refractivity contribution < 1.29 is 4.79 Å². The number of carbonyl (C=O) groups is 1. The van der Waals surface area contributed by atoms with Crippen molar-refractivity contribution in [2.45, 2.75) is 19.1 Å². The van der Waals surface area contributed by atoms with E-state index in [1.165, 1.54) is 6.33 Å². The van der Waals surface area contributed by atoms with Gasteiger partial charge in [-0.2, -0.15) is 5.21 Å². The third-order valence-electron chi connectivity index (χ3n) is 5.05. The number of benzene rings is 1. The van der Waals surface area contributed by atoms with Gasteiger partial charge in [0, 0.05) is 11.9 Å². The largest absolute Gasteiger partial charge is 0.383 e. The summed E-state index contributed by atoms with van der Waals surface area (Å²) in [6.07, 6.45) is 2.72. The van der Waals surface area contributed by atoms with Crippen LogP contribution in [0.3, 0.4) is 0 Å². The monoisotopic (exact) mass is 417 g/mol. The first-order chi connectivity index (χ1) is 15.1. The van der Waals surface area contributed by atoms with Crippen LogP contribution in [0.2, 0.25) is 0 Å². The Kier molecular flexibility index (Phi) is 4.43. The summed E-state index contributed by atoms with van der Waals surface area (Å²) in [6, 6.07) is 12.8. The number of hydrogen-bond donors (Lipinski definition) is 4. The molecule has 0 aliphatic carbocycles. The maximum atomic E-state index is 13.3. The number of tetrazole rings is 1. The molecule has 0 fully saturated rings. The van der Waals surface area contributed by atoms with E-state index in [1.54, 1.807) is 15.6 Å². The predicted octanol–water partition coefficient (Wildman–Crippen LogP) is 1.07. The zero-order valence-electron chi connectivity index (χ0n) is 16.5. The number of amides is 1. The van der Waals surface area contributed by atoms with E-state index in [2.05, 4.69) is 41.3 Å². The Labute approximate surface area is 176 Å².